The number of hydrogen-bond donors (Lipinski definition) is 1. The molecule has 0 bridgehead atoms. The largest absolute Gasteiger partial charge is 0.312 e. The van der Waals surface area contributed by atoms with Crippen LogP contribution in [0.3, 0.4) is 0 Å². The molecule has 1 N–H and O–H groups in total. The molecule has 2 rings (SSSR count). The zero-order chi connectivity index (χ0) is 4.69. The van der Waals surface area contributed by atoms with E-state index in [0.717, 1.165) is 25.0 Å². The molecule has 2 heteroatoms. The lowest BCUT2D eigenvalue weighted by molar-refractivity contribution is 0.297. The molecule has 0 spiro atoms. The molecule has 0 aliphatic carbocycles. The van der Waals surface area contributed by atoms with Crippen molar-refractivity contribution in [2.45, 2.75) is 6.04 Å². The summed E-state index contributed by atoms with van der Waals surface area (Å²) in [6.07, 6.45) is 0. The Morgan fingerprint density at radius 1 is 1.43 bits per heavy atom. The van der Waals surface area contributed by atoms with E-state index >= 15 is 0 Å². The highest BCUT2D eigenvalue weighted by Gasteiger charge is 2.34. The molecular weight excluding hydrogens is 88.1 g/mol. The molecule has 2 fully saturated rings. The van der Waals surface area contributed by atoms with Crippen LogP contribution in [0.4, 0.5) is 0 Å². The highest BCUT2D eigenvalue weighted by Crippen LogP contribution is 2.16. The van der Waals surface area contributed by atoms with Gasteiger partial charge in [0.05, 0.1) is 0 Å². The maximum Gasteiger partial charge on any atom is 0.0291 e. The third-order valence-electron chi connectivity index (χ3n) is 1.90. The Morgan fingerprint density at radius 3 is 2.71 bits per heavy atom. The van der Waals surface area contributed by atoms with Crippen LogP contribution in [0.5, 0.6) is 0 Å². The molecular formula is C5H9N2. The molecule has 39 valence electrons. The standard InChI is InChI=1S/C5H9N2/c1-4-2-7-5(4)3-6-1/h4-5,7H,1-3H2. The van der Waals surface area contributed by atoms with Crippen LogP contribution in [0, 0.1) is 5.92 Å². The fourth-order valence-electron chi connectivity index (χ4n) is 1.24. The second kappa shape index (κ2) is 1.20. The van der Waals surface area contributed by atoms with Gasteiger partial charge in [0.15, 0.2) is 0 Å². The molecule has 0 aromatic carbocycles. The first-order valence-electron chi connectivity index (χ1n) is 2.83. The van der Waals surface area contributed by atoms with Crippen molar-refractivity contribution in [1.82, 2.24) is 10.6 Å². The Bertz CT molecular complexity index is 72.1. The summed E-state index contributed by atoms with van der Waals surface area (Å²) in [6.45, 7) is 3.41. The lowest BCUT2D eigenvalue weighted by Crippen LogP contribution is -2.51. The van der Waals surface area contributed by atoms with Gasteiger partial charge in [-0.3, -0.25) is 0 Å². The minimum Gasteiger partial charge on any atom is -0.312 e. The first kappa shape index (κ1) is 3.87. The summed E-state index contributed by atoms with van der Waals surface area (Å²) in [6, 6.07) is 0.778. The number of hydrogen-bond acceptors (Lipinski definition) is 1. The van der Waals surface area contributed by atoms with Gasteiger partial charge < -0.3 is 5.32 Å². The number of nitrogens with zero attached hydrogens (tertiary/aromatic N) is 1. The predicted octanol–water partition coefficient (Wildman–Crippen LogP) is -0.808. The van der Waals surface area contributed by atoms with Gasteiger partial charge in [0.2, 0.25) is 0 Å². The summed E-state index contributed by atoms with van der Waals surface area (Å²) in [5, 5.41) is 7.56. The van der Waals surface area contributed by atoms with Gasteiger partial charge in [0.1, 0.15) is 0 Å². The third-order valence-corrected chi connectivity index (χ3v) is 1.90. The van der Waals surface area contributed by atoms with Gasteiger partial charge in [-0.15, -0.1) is 0 Å². The molecule has 2 aliphatic rings. The lowest BCUT2D eigenvalue weighted by Gasteiger charge is -2.30. The van der Waals surface area contributed by atoms with Crippen LogP contribution in [0.2, 0.25) is 0 Å². The molecule has 0 aromatic heterocycles. The number of fused-ring (bicyclic) bond motifs is 1. The highest BCUT2D eigenvalue weighted by molar-refractivity contribution is 4.95. The molecule has 7 heavy (non-hydrogen) atoms. The highest BCUT2D eigenvalue weighted by atomic mass is 15.1. The predicted molar refractivity (Wildman–Crippen MR) is 27.1 cm³/mol. The van der Waals surface area contributed by atoms with Crippen molar-refractivity contribution < 1.29 is 0 Å². The molecule has 2 saturated heterocycles. The first-order valence-corrected chi connectivity index (χ1v) is 2.83. The Labute approximate surface area is 43.3 Å². The van der Waals surface area contributed by atoms with Crippen molar-refractivity contribution in [3.63, 3.8) is 0 Å². The Hall–Kier alpha value is -0.0800. The molecule has 0 saturated carbocycles. The normalized spacial score (nSPS) is 48.0. The molecule has 1 radical (unpaired) electrons. The fourth-order valence-corrected chi connectivity index (χ4v) is 1.24. The minimum atomic E-state index is 0.778. The van der Waals surface area contributed by atoms with Crippen molar-refractivity contribution in [3.8, 4) is 0 Å². The van der Waals surface area contributed by atoms with Crippen LogP contribution < -0.4 is 10.6 Å². The van der Waals surface area contributed by atoms with Crippen molar-refractivity contribution in [3.05, 3.63) is 0 Å². The van der Waals surface area contributed by atoms with E-state index in [1.54, 1.807) is 0 Å². The van der Waals surface area contributed by atoms with Crippen molar-refractivity contribution in [2.75, 3.05) is 19.6 Å². The maximum atomic E-state index is 4.25. The van der Waals surface area contributed by atoms with Gasteiger partial charge in [-0.25, -0.2) is 5.32 Å². The zero-order valence-electron chi connectivity index (χ0n) is 4.22. The molecule has 2 heterocycles. The van der Waals surface area contributed by atoms with Crippen molar-refractivity contribution in [1.29, 1.82) is 0 Å². The Morgan fingerprint density at radius 2 is 2.43 bits per heavy atom. The Balaban J connectivity index is 2.03. The second-order valence-corrected chi connectivity index (χ2v) is 2.36. The van der Waals surface area contributed by atoms with E-state index in [0.29, 0.717) is 0 Å². The van der Waals surface area contributed by atoms with Crippen LogP contribution in [0.1, 0.15) is 0 Å². The van der Waals surface area contributed by atoms with E-state index in [9.17, 15) is 0 Å². The van der Waals surface area contributed by atoms with Gasteiger partial charge in [0.25, 0.3) is 0 Å². The quantitative estimate of drug-likeness (QED) is 0.420. The third kappa shape index (κ3) is 0.409. The van der Waals surface area contributed by atoms with Gasteiger partial charge >= 0.3 is 0 Å². The molecule has 0 amide bonds. The van der Waals surface area contributed by atoms with E-state index in [1.807, 2.05) is 0 Å². The number of rotatable bonds is 0. The summed E-state index contributed by atoms with van der Waals surface area (Å²) in [5.41, 5.74) is 0. The fraction of sp³-hybridized carbons (Fsp3) is 1.00. The van der Waals surface area contributed by atoms with Crippen LogP contribution in [0.25, 0.3) is 0 Å². The van der Waals surface area contributed by atoms with E-state index in [-0.39, 0.29) is 0 Å². The van der Waals surface area contributed by atoms with E-state index in [1.165, 1.54) is 6.54 Å². The monoisotopic (exact) mass is 97.1 g/mol. The summed E-state index contributed by atoms with van der Waals surface area (Å²) in [7, 11) is 0. The van der Waals surface area contributed by atoms with Gasteiger partial charge in [-0.1, -0.05) is 0 Å². The van der Waals surface area contributed by atoms with Gasteiger partial charge in [0, 0.05) is 31.6 Å². The smallest absolute Gasteiger partial charge is 0.0291 e. The average Bonchev–Trinajstić information content (AvgIpc) is 1.85. The summed E-state index contributed by atoms with van der Waals surface area (Å²) >= 11 is 0. The van der Waals surface area contributed by atoms with Crippen LogP contribution in [0.15, 0.2) is 0 Å². The van der Waals surface area contributed by atoms with E-state index in [2.05, 4.69) is 10.6 Å². The maximum absolute atomic E-state index is 4.25. The molecule has 2 aliphatic heterocycles. The number of nitrogens with one attached hydrogen (secondary N) is 1. The summed E-state index contributed by atoms with van der Waals surface area (Å²) in [4.78, 5) is 0. The SMILES string of the molecule is C1[N]CC2NCC12. The zero-order valence-corrected chi connectivity index (χ0v) is 4.22. The Kier molecular flexibility index (Phi) is 0.664. The van der Waals surface area contributed by atoms with E-state index < -0.39 is 0 Å². The average molecular weight is 97.1 g/mol. The van der Waals surface area contributed by atoms with Crippen LogP contribution in [-0.2, 0) is 0 Å². The molecule has 2 nitrogen and oxygen atoms in total. The van der Waals surface area contributed by atoms with Crippen molar-refractivity contribution >= 4 is 0 Å². The molecule has 0 aromatic rings. The molecule has 2 unspecified atom stereocenters. The van der Waals surface area contributed by atoms with E-state index in [4.69, 9.17) is 0 Å². The van der Waals surface area contributed by atoms with Gasteiger partial charge in [-0.2, -0.15) is 0 Å². The van der Waals surface area contributed by atoms with Crippen LogP contribution in [-0.4, -0.2) is 25.7 Å². The van der Waals surface area contributed by atoms with Gasteiger partial charge in [-0.05, 0) is 0 Å². The molecule has 2 atom stereocenters. The van der Waals surface area contributed by atoms with Crippen molar-refractivity contribution in [2.24, 2.45) is 5.92 Å². The first-order chi connectivity index (χ1) is 3.47. The summed E-state index contributed by atoms with van der Waals surface area (Å²) in [5.74, 6) is 0.917. The second-order valence-electron chi connectivity index (χ2n) is 2.36. The lowest BCUT2D eigenvalue weighted by atomic mass is 9.96. The summed E-state index contributed by atoms with van der Waals surface area (Å²) < 4.78 is 0. The minimum absolute atomic E-state index is 0.778. The topological polar surface area (TPSA) is 26.1 Å². The van der Waals surface area contributed by atoms with Crippen LogP contribution >= 0.6 is 0 Å².